The van der Waals surface area contributed by atoms with Gasteiger partial charge in [0.25, 0.3) is 0 Å². The highest BCUT2D eigenvalue weighted by Crippen LogP contribution is 2.34. The first kappa shape index (κ1) is 14.6. The highest BCUT2D eigenvalue weighted by molar-refractivity contribution is 6.25. The van der Waals surface area contributed by atoms with E-state index in [-0.39, 0.29) is 24.8 Å². The van der Waals surface area contributed by atoms with Gasteiger partial charge in [-0.15, -0.1) is 24.8 Å². The maximum Gasteiger partial charge on any atom is -0.00990 e. The molecule has 0 unspecified atom stereocenters. The van der Waals surface area contributed by atoms with Gasteiger partial charge in [-0.25, -0.2) is 0 Å². The molecule has 0 aliphatic carbocycles. The van der Waals surface area contributed by atoms with Crippen molar-refractivity contribution in [2.75, 3.05) is 0 Å². The molecule has 4 rings (SSSR count). The van der Waals surface area contributed by atoms with Crippen LogP contribution >= 0.6 is 24.8 Å². The third-order valence-electron chi connectivity index (χ3n) is 3.65. The molecule has 0 amide bonds. The first-order valence-electron chi connectivity index (χ1n) is 6.23. The minimum atomic E-state index is 0. The summed E-state index contributed by atoms with van der Waals surface area (Å²) >= 11 is 0. The number of rotatable bonds is 0. The Morgan fingerprint density at radius 2 is 0.450 bits per heavy atom. The monoisotopic (exact) mass is 300 g/mol. The predicted molar refractivity (Wildman–Crippen MR) is 93.5 cm³/mol. The molecule has 0 N–H and O–H groups in total. The van der Waals surface area contributed by atoms with Crippen LogP contribution in [0.4, 0.5) is 0 Å². The second kappa shape index (κ2) is 5.70. The summed E-state index contributed by atoms with van der Waals surface area (Å²) in [6.07, 6.45) is 0. The molecule has 4 aromatic rings. The van der Waals surface area contributed by atoms with Gasteiger partial charge >= 0.3 is 0 Å². The number of fused-ring (bicyclic) bond motifs is 6. The Morgan fingerprint density at radius 3 is 0.600 bits per heavy atom. The molecular weight excluding hydrogens is 287 g/mol. The van der Waals surface area contributed by atoms with Crippen LogP contribution < -0.4 is 0 Å². The zero-order valence-corrected chi connectivity index (χ0v) is 12.4. The number of halogens is 2. The van der Waals surface area contributed by atoms with Crippen molar-refractivity contribution < 1.29 is 0 Å². The molecule has 0 fully saturated rings. The van der Waals surface area contributed by atoms with Crippen LogP contribution in [0.3, 0.4) is 0 Å². The number of benzene rings is 4. The Kier molecular flexibility index (Phi) is 4.17. The zero-order chi connectivity index (χ0) is 11.9. The Labute approximate surface area is 130 Å². The summed E-state index contributed by atoms with van der Waals surface area (Å²) in [5.41, 5.74) is 0. The molecule has 0 saturated carbocycles. The Bertz CT molecular complexity index is 661. The topological polar surface area (TPSA) is 0 Å². The minimum absolute atomic E-state index is 0. The summed E-state index contributed by atoms with van der Waals surface area (Å²) < 4.78 is 0. The molecule has 0 spiro atoms. The van der Waals surface area contributed by atoms with Crippen LogP contribution in [0, 0.1) is 0 Å². The molecule has 0 atom stereocenters. The highest BCUT2D eigenvalue weighted by atomic mass is 35.5. The van der Waals surface area contributed by atoms with E-state index in [1.165, 1.54) is 32.3 Å². The lowest BCUT2D eigenvalue weighted by Gasteiger charge is -2.09. The van der Waals surface area contributed by atoms with Crippen molar-refractivity contribution in [3.05, 3.63) is 72.8 Å². The van der Waals surface area contributed by atoms with Crippen LogP contribution in [0.5, 0.6) is 0 Å². The molecule has 0 heterocycles. The Balaban J connectivity index is 0.000000735. The van der Waals surface area contributed by atoms with Crippen molar-refractivity contribution in [3.8, 4) is 0 Å². The third kappa shape index (κ3) is 2.02. The van der Waals surface area contributed by atoms with E-state index in [1.54, 1.807) is 0 Å². The minimum Gasteiger partial charge on any atom is -0.147 e. The molecule has 0 aromatic heterocycles. The molecule has 0 radical (unpaired) electrons. The summed E-state index contributed by atoms with van der Waals surface area (Å²) in [5.74, 6) is 0. The van der Waals surface area contributed by atoms with Gasteiger partial charge in [0.15, 0.2) is 0 Å². The van der Waals surface area contributed by atoms with Crippen molar-refractivity contribution in [1.82, 2.24) is 0 Å². The van der Waals surface area contributed by atoms with Crippen molar-refractivity contribution in [2.45, 2.75) is 0 Å². The molecule has 0 bridgehead atoms. The van der Waals surface area contributed by atoms with Gasteiger partial charge in [-0.2, -0.15) is 0 Å². The average molecular weight is 301 g/mol. The fourth-order valence-corrected chi connectivity index (χ4v) is 2.86. The first-order chi connectivity index (χ1) is 8.95. The van der Waals surface area contributed by atoms with E-state index in [1.807, 2.05) is 0 Å². The smallest absolute Gasteiger partial charge is 0.00990 e. The molecule has 4 aromatic carbocycles. The van der Waals surface area contributed by atoms with E-state index in [4.69, 9.17) is 0 Å². The Morgan fingerprint density at radius 1 is 0.300 bits per heavy atom. The van der Waals surface area contributed by atoms with Crippen LogP contribution in [-0.2, 0) is 0 Å². The average Bonchev–Trinajstić information content (AvgIpc) is 2.48. The lowest BCUT2D eigenvalue weighted by Crippen LogP contribution is -1.81. The first-order valence-corrected chi connectivity index (χ1v) is 6.23. The maximum absolute atomic E-state index is 2.21. The van der Waals surface area contributed by atoms with E-state index >= 15 is 0 Å². The summed E-state index contributed by atoms with van der Waals surface area (Å²) in [7, 11) is 0. The fraction of sp³-hybridized carbons (Fsp3) is 0. The largest absolute Gasteiger partial charge is 0.147 e. The van der Waals surface area contributed by atoms with Gasteiger partial charge in [0.05, 0.1) is 0 Å². The van der Waals surface area contributed by atoms with Gasteiger partial charge in [-0.05, 0) is 32.3 Å². The van der Waals surface area contributed by atoms with Gasteiger partial charge in [0.2, 0.25) is 0 Å². The van der Waals surface area contributed by atoms with E-state index in [0.29, 0.717) is 0 Å². The lowest BCUT2D eigenvalue weighted by molar-refractivity contribution is 1.77. The van der Waals surface area contributed by atoms with Crippen LogP contribution in [0.15, 0.2) is 72.8 Å². The molecular formula is C18H14Cl2. The quantitative estimate of drug-likeness (QED) is 0.350. The van der Waals surface area contributed by atoms with E-state index in [0.717, 1.165) is 0 Å². The van der Waals surface area contributed by atoms with Gasteiger partial charge in [0, 0.05) is 0 Å². The molecule has 2 heteroatoms. The van der Waals surface area contributed by atoms with Crippen LogP contribution in [0.2, 0.25) is 0 Å². The highest BCUT2D eigenvalue weighted by Gasteiger charge is 2.06. The fourth-order valence-electron chi connectivity index (χ4n) is 2.86. The number of hydrogen-bond acceptors (Lipinski definition) is 0. The standard InChI is InChI=1S/C18H12.2ClH/c1-2-8-14-13(7-1)15-9-3-4-11-17(15)18-12-6-5-10-16(14)18;;/h1-12H;2*1H. The molecule has 0 aliphatic rings. The molecule has 0 saturated heterocycles. The molecule has 0 aliphatic heterocycles. The van der Waals surface area contributed by atoms with Crippen molar-refractivity contribution >= 4 is 57.1 Å². The van der Waals surface area contributed by atoms with Gasteiger partial charge in [-0.1, -0.05) is 72.8 Å². The van der Waals surface area contributed by atoms with Crippen molar-refractivity contribution in [3.63, 3.8) is 0 Å². The van der Waals surface area contributed by atoms with Crippen molar-refractivity contribution in [1.29, 1.82) is 0 Å². The van der Waals surface area contributed by atoms with Gasteiger partial charge < -0.3 is 0 Å². The van der Waals surface area contributed by atoms with Crippen LogP contribution in [-0.4, -0.2) is 0 Å². The summed E-state index contributed by atoms with van der Waals surface area (Å²) in [4.78, 5) is 0. The molecule has 20 heavy (non-hydrogen) atoms. The van der Waals surface area contributed by atoms with Crippen LogP contribution in [0.1, 0.15) is 0 Å². The van der Waals surface area contributed by atoms with E-state index < -0.39 is 0 Å². The Hall–Kier alpha value is -1.76. The maximum atomic E-state index is 2.21. The van der Waals surface area contributed by atoms with Crippen molar-refractivity contribution in [2.24, 2.45) is 0 Å². The normalized spacial score (nSPS) is 10.2. The summed E-state index contributed by atoms with van der Waals surface area (Å²) in [6, 6.07) is 26.0. The summed E-state index contributed by atoms with van der Waals surface area (Å²) in [5, 5.41) is 8.04. The van der Waals surface area contributed by atoms with Gasteiger partial charge in [-0.3, -0.25) is 0 Å². The second-order valence-electron chi connectivity index (χ2n) is 4.64. The SMILES string of the molecule is Cl.Cl.c1ccc2c(c1)c1ccccc1c1ccccc21. The van der Waals surface area contributed by atoms with Gasteiger partial charge in [0.1, 0.15) is 0 Å². The molecule has 0 nitrogen and oxygen atoms in total. The van der Waals surface area contributed by atoms with Crippen LogP contribution in [0.25, 0.3) is 32.3 Å². The second-order valence-corrected chi connectivity index (χ2v) is 4.64. The van der Waals surface area contributed by atoms with E-state index in [9.17, 15) is 0 Å². The molecule has 100 valence electrons. The lowest BCUT2D eigenvalue weighted by atomic mass is 9.95. The zero-order valence-electron chi connectivity index (χ0n) is 10.7. The van der Waals surface area contributed by atoms with E-state index in [2.05, 4.69) is 72.8 Å². The third-order valence-corrected chi connectivity index (χ3v) is 3.65. The number of hydrogen-bond donors (Lipinski definition) is 0. The summed E-state index contributed by atoms with van der Waals surface area (Å²) in [6.45, 7) is 0. The predicted octanol–water partition coefficient (Wildman–Crippen LogP) is 5.99.